The maximum absolute atomic E-state index is 14.1. The van der Waals surface area contributed by atoms with Crippen LogP contribution in [0.1, 0.15) is 12.8 Å². The molecule has 3 heterocycles. The summed E-state index contributed by atoms with van der Waals surface area (Å²) in [6.45, 7) is 2.21. The zero-order chi connectivity index (χ0) is 15.0. The van der Waals surface area contributed by atoms with Crippen LogP contribution in [0.15, 0.2) is 6.20 Å². The Morgan fingerprint density at radius 3 is 2.95 bits per heavy atom. The summed E-state index contributed by atoms with van der Waals surface area (Å²) in [5, 5.41) is 0.286. The Morgan fingerprint density at radius 1 is 1.38 bits per heavy atom. The maximum Gasteiger partial charge on any atom is 0.225 e. The summed E-state index contributed by atoms with van der Waals surface area (Å²) in [5.74, 6) is 0.311. The summed E-state index contributed by atoms with van der Waals surface area (Å²) < 4.78 is 14.1. The molecule has 1 saturated heterocycles. The lowest BCUT2D eigenvalue weighted by Gasteiger charge is -2.33. The number of nitrogens with two attached hydrogens (primary N) is 1. The quantitative estimate of drug-likeness (QED) is 0.677. The number of hydrogen-bond acceptors (Lipinski definition) is 5. The van der Waals surface area contributed by atoms with E-state index in [9.17, 15) is 4.39 Å². The molecule has 2 aromatic heterocycles. The predicted octanol–water partition coefficient (Wildman–Crippen LogP) is 2.65. The second-order valence-corrected chi connectivity index (χ2v) is 5.83. The first-order valence-electron chi connectivity index (χ1n) is 6.72. The topological polar surface area (TPSA) is 67.9 Å². The summed E-state index contributed by atoms with van der Waals surface area (Å²) in [6, 6.07) is 0. The van der Waals surface area contributed by atoms with Crippen LogP contribution < -0.4 is 10.6 Å². The number of pyridine rings is 1. The predicted molar refractivity (Wildman–Crippen MR) is 81.3 cm³/mol. The Morgan fingerprint density at radius 2 is 2.19 bits per heavy atom. The summed E-state index contributed by atoms with van der Waals surface area (Å²) in [4.78, 5) is 14.1. The van der Waals surface area contributed by atoms with Crippen LogP contribution in [0.3, 0.4) is 0 Å². The first-order chi connectivity index (χ1) is 10.1. The summed E-state index contributed by atoms with van der Waals surface area (Å²) in [5.41, 5.74) is 5.85. The van der Waals surface area contributed by atoms with Gasteiger partial charge in [-0.25, -0.2) is 14.4 Å². The van der Waals surface area contributed by atoms with Crippen molar-refractivity contribution in [3.05, 3.63) is 22.5 Å². The number of halogens is 3. The Hall–Kier alpha value is -1.24. The highest BCUT2D eigenvalue weighted by Gasteiger charge is 2.23. The van der Waals surface area contributed by atoms with Crippen LogP contribution >= 0.6 is 23.2 Å². The van der Waals surface area contributed by atoms with Crippen LogP contribution in [0.25, 0.3) is 10.9 Å². The molecule has 8 heteroatoms. The van der Waals surface area contributed by atoms with Crippen LogP contribution in [0.5, 0.6) is 0 Å². The Bertz CT molecular complexity index is 681. The molecule has 112 valence electrons. The van der Waals surface area contributed by atoms with Crippen molar-refractivity contribution in [2.24, 2.45) is 11.7 Å². The highest BCUT2D eigenvalue weighted by Crippen LogP contribution is 2.31. The van der Waals surface area contributed by atoms with E-state index >= 15 is 0 Å². The molecule has 0 aliphatic carbocycles. The molecule has 1 unspecified atom stereocenters. The van der Waals surface area contributed by atoms with Gasteiger partial charge < -0.3 is 10.6 Å². The molecule has 5 nitrogen and oxygen atoms in total. The van der Waals surface area contributed by atoms with Crippen molar-refractivity contribution in [3.63, 3.8) is 0 Å². The minimum Gasteiger partial charge on any atom is -0.356 e. The van der Waals surface area contributed by atoms with Crippen LogP contribution in [-0.4, -0.2) is 34.6 Å². The van der Waals surface area contributed by atoms with E-state index in [1.54, 1.807) is 0 Å². The highest BCUT2D eigenvalue weighted by molar-refractivity contribution is 6.30. The molecule has 1 aliphatic heterocycles. The fraction of sp³-hybridized carbons (Fsp3) is 0.462. The molecule has 1 aliphatic rings. The van der Waals surface area contributed by atoms with E-state index < -0.39 is 5.82 Å². The molecule has 0 saturated carbocycles. The first kappa shape index (κ1) is 14.7. The molecule has 0 amide bonds. The number of aromatic nitrogens is 3. The van der Waals surface area contributed by atoms with Crippen molar-refractivity contribution < 1.29 is 4.39 Å². The number of anilines is 1. The molecule has 1 atom stereocenters. The average molecular weight is 330 g/mol. The monoisotopic (exact) mass is 329 g/mol. The van der Waals surface area contributed by atoms with Crippen LogP contribution in [-0.2, 0) is 0 Å². The third-order valence-electron chi connectivity index (χ3n) is 3.75. The van der Waals surface area contributed by atoms with Crippen LogP contribution in [0.4, 0.5) is 10.2 Å². The normalized spacial score (nSPS) is 19.2. The molecule has 1 fully saturated rings. The third kappa shape index (κ3) is 2.75. The van der Waals surface area contributed by atoms with Gasteiger partial charge in [0.2, 0.25) is 5.28 Å². The average Bonchev–Trinajstić information content (AvgIpc) is 2.51. The smallest absolute Gasteiger partial charge is 0.225 e. The Balaban J connectivity index is 2.11. The number of piperidine rings is 1. The third-order valence-corrected chi connectivity index (χ3v) is 4.18. The second-order valence-electron chi connectivity index (χ2n) is 5.13. The molecular formula is C13H14Cl2FN5. The van der Waals surface area contributed by atoms with E-state index in [0.29, 0.717) is 23.7 Å². The summed E-state index contributed by atoms with van der Waals surface area (Å²) in [6.07, 6.45) is 3.58. The number of fused-ring (bicyclic) bond motifs is 1. The number of hydrogen-bond donors (Lipinski definition) is 1. The maximum atomic E-state index is 14.1. The Kier molecular flexibility index (Phi) is 4.10. The fourth-order valence-corrected chi connectivity index (χ4v) is 2.99. The van der Waals surface area contributed by atoms with Gasteiger partial charge in [0, 0.05) is 19.3 Å². The molecular weight excluding hydrogens is 316 g/mol. The van der Waals surface area contributed by atoms with E-state index in [1.807, 2.05) is 0 Å². The van der Waals surface area contributed by atoms with Gasteiger partial charge in [-0.15, -0.1) is 0 Å². The van der Waals surface area contributed by atoms with Gasteiger partial charge in [0.1, 0.15) is 11.3 Å². The van der Waals surface area contributed by atoms with Gasteiger partial charge in [0.25, 0.3) is 0 Å². The van der Waals surface area contributed by atoms with Crippen LogP contribution in [0.2, 0.25) is 10.4 Å². The largest absolute Gasteiger partial charge is 0.356 e. The lowest BCUT2D eigenvalue weighted by atomic mass is 9.98. The number of rotatable bonds is 2. The SMILES string of the molecule is NCC1CCCN(c2nc(Cl)nc3c(F)c(Cl)ncc23)C1. The van der Waals surface area contributed by atoms with Crippen molar-refractivity contribution in [2.75, 3.05) is 24.5 Å². The van der Waals surface area contributed by atoms with Gasteiger partial charge >= 0.3 is 0 Å². The van der Waals surface area contributed by atoms with E-state index in [2.05, 4.69) is 19.9 Å². The van der Waals surface area contributed by atoms with E-state index in [0.717, 1.165) is 25.9 Å². The lowest BCUT2D eigenvalue weighted by Crippen LogP contribution is -2.39. The Labute approximate surface area is 131 Å². The first-order valence-corrected chi connectivity index (χ1v) is 7.48. The van der Waals surface area contributed by atoms with Gasteiger partial charge in [0.15, 0.2) is 11.0 Å². The lowest BCUT2D eigenvalue weighted by molar-refractivity contribution is 0.422. The second kappa shape index (κ2) is 5.87. The van der Waals surface area contributed by atoms with Crippen molar-refractivity contribution in [3.8, 4) is 0 Å². The summed E-state index contributed by atoms with van der Waals surface area (Å²) in [7, 11) is 0. The fourth-order valence-electron chi connectivity index (χ4n) is 2.68. The molecule has 0 bridgehead atoms. The van der Waals surface area contributed by atoms with E-state index in [4.69, 9.17) is 28.9 Å². The van der Waals surface area contributed by atoms with Crippen LogP contribution in [0, 0.1) is 11.7 Å². The van der Waals surface area contributed by atoms with Crippen molar-refractivity contribution in [2.45, 2.75) is 12.8 Å². The van der Waals surface area contributed by atoms with Crippen molar-refractivity contribution >= 4 is 39.9 Å². The van der Waals surface area contributed by atoms with Gasteiger partial charge in [-0.3, -0.25) is 0 Å². The van der Waals surface area contributed by atoms with Gasteiger partial charge in [-0.05, 0) is 36.9 Å². The minimum absolute atomic E-state index is 0.00598. The van der Waals surface area contributed by atoms with Crippen molar-refractivity contribution in [1.29, 1.82) is 0 Å². The van der Waals surface area contributed by atoms with E-state index in [1.165, 1.54) is 6.20 Å². The van der Waals surface area contributed by atoms with E-state index in [-0.39, 0.29) is 16.0 Å². The molecule has 0 spiro atoms. The zero-order valence-corrected chi connectivity index (χ0v) is 12.7. The molecule has 2 aromatic rings. The summed E-state index contributed by atoms with van der Waals surface area (Å²) >= 11 is 11.6. The van der Waals surface area contributed by atoms with Gasteiger partial charge in [-0.1, -0.05) is 11.6 Å². The van der Waals surface area contributed by atoms with Crippen molar-refractivity contribution in [1.82, 2.24) is 15.0 Å². The molecule has 0 aromatic carbocycles. The minimum atomic E-state index is -0.674. The molecule has 21 heavy (non-hydrogen) atoms. The standard InChI is InChI=1S/C13H14Cl2FN5/c14-11-9(16)10-8(5-18-11)12(20-13(15)19-10)21-3-1-2-7(4-17)6-21/h5,7H,1-4,6,17H2. The number of nitrogens with zero attached hydrogens (tertiary/aromatic N) is 4. The van der Waals surface area contributed by atoms with Gasteiger partial charge in [-0.2, -0.15) is 4.98 Å². The zero-order valence-electron chi connectivity index (χ0n) is 11.2. The highest BCUT2D eigenvalue weighted by atomic mass is 35.5. The molecule has 0 radical (unpaired) electrons. The van der Waals surface area contributed by atoms with Gasteiger partial charge in [0.05, 0.1) is 5.39 Å². The molecule has 2 N–H and O–H groups in total. The molecule has 3 rings (SSSR count).